The number of carbonyl (C=O) groups excluding carboxylic acids is 2. The molecule has 2 aromatic carbocycles. The molecule has 28 heavy (non-hydrogen) atoms. The SMILES string of the molecule is CCC(=O)C=NOC(=O)C1(c2ccc(Sc3ccccc3)cc2)C=CC=CC1. The molecular formula is C23H21NO3S. The van der Waals surface area contributed by atoms with Crippen LogP contribution in [0.15, 0.2) is 93.8 Å². The third-order valence-electron chi connectivity index (χ3n) is 4.46. The van der Waals surface area contributed by atoms with Crippen LogP contribution in [0, 0.1) is 0 Å². The van der Waals surface area contributed by atoms with Crippen LogP contribution in [0.2, 0.25) is 0 Å². The van der Waals surface area contributed by atoms with Gasteiger partial charge in [-0.25, -0.2) is 4.79 Å². The molecule has 0 saturated heterocycles. The van der Waals surface area contributed by atoms with Crippen molar-refractivity contribution in [2.24, 2.45) is 5.16 Å². The van der Waals surface area contributed by atoms with Gasteiger partial charge in [-0.2, -0.15) is 0 Å². The standard InChI is InChI=1S/C23H21NO3S/c1-2-19(25)17-24-27-22(26)23(15-7-4-8-16-23)18-11-13-21(14-12-18)28-20-9-5-3-6-10-20/h3-15,17H,2,16H2,1H3. The van der Waals surface area contributed by atoms with Gasteiger partial charge in [-0.3, -0.25) is 4.79 Å². The molecule has 0 radical (unpaired) electrons. The topological polar surface area (TPSA) is 55.7 Å². The van der Waals surface area contributed by atoms with Gasteiger partial charge in [0.2, 0.25) is 0 Å². The second-order valence-corrected chi connectivity index (χ2v) is 7.48. The van der Waals surface area contributed by atoms with Crippen LogP contribution in [-0.2, 0) is 19.8 Å². The molecule has 1 unspecified atom stereocenters. The molecule has 1 aliphatic rings. The Morgan fingerprint density at radius 2 is 1.79 bits per heavy atom. The first-order chi connectivity index (χ1) is 13.6. The summed E-state index contributed by atoms with van der Waals surface area (Å²) in [4.78, 5) is 31.5. The molecule has 0 aliphatic heterocycles. The van der Waals surface area contributed by atoms with E-state index in [0.29, 0.717) is 12.8 Å². The molecule has 1 atom stereocenters. The Labute approximate surface area is 169 Å². The number of allylic oxidation sites excluding steroid dienone is 3. The molecule has 0 saturated carbocycles. The van der Waals surface area contributed by atoms with Crippen molar-refractivity contribution in [3.63, 3.8) is 0 Å². The number of rotatable bonds is 7. The zero-order valence-corrected chi connectivity index (χ0v) is 16.4. The highest BCUT2D eigenvalue weighted by Gasteiger charge is 2.39. The number of benzene rings is 2. The largest absolute Gasteiger partial charge is 0.349 e. The van der Waals surface area contributed by atoms with Crippen LogP contribution in [0.3, 0.4) is 0 Å². The van der Waals surface area contributed by atoms with Crippen molar-refractivity contribution < 1.29 is 14.4 Å². The number of hydrogen-bond donors (Lipinski definition) is 0. The molecule has 0 aromatic heterocycles. The predicted octanol–water partition coefficient (Wildman–Crippen LogP) is 5.10. The van der Waals surface area contributed by atoms with E-state index in [-0.39, 0.29) is 5.78 Å². The summed E-state index contributed by atoms with van der Waals surface area (Å²) in [6.07, 6.45) is 9.32. The Balaban J connectivity index is 1.80. The molecule has 5 heteroatoms. The van der Waals surface area contributed by atoms with E-state index >= 15 is 0 Å². The van der Waals surface area contributed by atoms with Crippen LogP contribution in [-0.4, -0.2) is 18.0 Å². The van der Waals surface area contributed by atoms with E-state index in [1.54, 1.807) is 18.7 Å². The normalized spacial score (nSPS) is 18.3. The Morgan fingerprint density at radius 1 is 1.07 bits per heavy atom. The van der Waals surface area contributed by atoms with Crippen molar-refractivity contribution in [2.45, 2.75) is 35.0 Å². The summed E-state index contributed by atoms with van der Waals surface area (Å²) in [6.45, 7) is 1.72. The highest BCUT2D eigenvalue weighted by molar-refractivity contribution is 7.99. The highest BCUT2D eigenvalue weighted by Crippen LogP contribution is 2.36. The highest BCUT2D eigenvalue weighted by atomic mass is 32.2. The monoisotopic (exact) mass is 391 g/mol. The number of ketones is 1. The maximum absolute atomic E-state index is 12.8. The Morgan fingerprint density at radius 3 is 2.43 bits per heavy atom. The lowest BCUT2D eigenvalue weighted by Crippen LogP contribution is -2.35. The van der Waals surface area contributed by atoms with Crippen molar-refractivity contribution in [3.8, 4) is 0 Å². The maximum atomic E-state index is 12.8. The molecular weight excluding hydrogens is 370 g/mol. The van der Waals surface area contributed by atoms with Crippen LogP contribution in [0.4, 0.5) is 0 Å². The van der Waals surface area contributed by atoms with Crippen molar-refractivity contribution in [2.75, 3.05) is 0 Å². The Bertz CT molecular complexity index is 917. The van der Waals surface area contributed by atoms with Gasteiger partial charge in [0.25, 0.3) is 0 Å². The van der Waals surface area contributed by atoms with Crippen LogP contribution >= 0.6 is 11.8 Å². The average molecular weight is 391 g/mol. The molecule has 0 amide bonds. The summed E-state index contributed by atoms with van der Waals surface area (Å²) in [5, 5.41) is 3.57. The first kappa shape index (κ1) is 19.8. The molecule has 1 aliphatic carbocycles. The van der Waals surface area contributed by atoms with Crippen LogP contribution in [0.25, 0.3) is 0 Å². The van der Waals surface area contributed by atoms with Crippen molar-refractivity contribution in [1.82, 2.24) is 0 Å². The minimum atomic E-state index is -0.947. The predicted molar refractivity (Wildman–Crippen MR) is 111 cm³/mol. The van der Waals surface area contributed by atoms with Gasteiger partial charge in [0.05, 0.1) is 0 Å². The second kappa shape index (κ2) is 9.33. The summed E-state index contributed by atoms with van der Waals surface area (Å²) in [6, 6.07) is 18.0. The zero-order chi connectivity index (χ0) is 19.8. The first-order valence-electron chi connectivity index (χ1n) is 9.09. The van der Waals surface area contributed by atoms with Gasteiger partial charge in [-0.15, -0.1) is 0 Å². The fourth-order valence-electron chi connectivity index (χ4n) is 2.85. The smallest absolute Gasteiger partial charge is 0.317 e. The van der Waals surface area contributed by atoms with Gasteiger partial charge in [-0.05, 0) is 36.2 Å². The number of hydrogen-bond acceptors (Lipinski definition) is 5. The van der Waals surface area contributed by atoms with E-state index in [9.17, 15) is 9.59 Å². The molecule has 0 heterocycles. The third kappa shape index (κ3) is 4.67. The molecule has 142 valence electrons. The summed E-state index contributed by atoms with van der Waals surface area (Å²) in [7, 11) is 0. The fraction of sp³-hybridized carbons (Fsp3) is 0.174. The lowest BCUT2D eigenvalue weighted by atomic mass is 9.75. The molecule has 0 bridgehead atoms. The minimum absolute atomic E-state index is 0.191. The first-order valence-corrected chi connectivity index (χ1v) is 9.91. The zero-order valence-electron chi connectivity index (χ0n) is 15.6. The number of carbonyl (C=O) groups is 2. The number of Topliss-reactive ketones (excluding diaryl/α,β-unsaturated/α-hetero) is 1. The summed E-state index contributed by atoms with van der Waals surface area (Å²) in [5.41, 5.74) is -0.121. The molecule has 0 N–H and O–H groups in total. The minimum Gasteiger partial charge on any atom is -0.317 e. The molecule has 0 spiro atoms. The number of nitrogens with zero attached hydrogens (tertiary/aromatic N) is 1. The maximum Gasteiger partial charge on any atom is 0.349 e. The van der Waals surface area contributed by atoms with Gasteiger partial charge in [0.1, 0.15) is 11.6 Å². The van der Waals surface area contributed by atoms with Crippen LogP contribution in [0.5, 0.6) is 0 Å². The molecule has 0 fully saturated rings. The van der Waals surface area contributed by atoms with E-state index < -0.39 is 11.4 Å². The van der Waals surface area contributed by atoms with Crippen LogP contribution < -0.4 is 0 Å². The van der Waals surface area contributed by atoms with Gasteiger partial charge in [-0.1, -0.05) is 78.5 Å². The lowest BCUT2D eigenvalue weighted by Gasteiger charge is -2.28. The van der Waals surface area contributed by atoms with Gasteiger partial charge >= 0.3 is 5.97 Å². The Kier molecular flexibility index (Phi) is 6.61. The molecule has 4 nitrogen and oxygen atoms in total. The lowest BCUT2D eigenvalue weighted by molar-refractivity contribution is -0.148. The van der Waals surface area contributed by atoms with Gasteiger partial charge < -0.3 is 4.84 Å². The van der Waals surface area contributed by atoms with E-state index in [2.05, 4.69) is 17.3 Å². The van der Waals surface area contributed by atoms with E-state index in [1.165, 1.54) is 0 Å². The van der Waals surface area contributed by atoms with Gasteiger partial charge in [0, 0.05) is 16.2 Å². The average Bonchev–Trinajstić information content (AvgIpc) is 2.75. The fourth-order valence-corrected chi connectivity index (χ4v) is 3.69. The summed E-state index contributed by atoms with van der Waals surface area (Å²) in [5.74, 6) is -0.695. The Hall–Kier alpha value is -2.92. The number of oxime groups is 1. The van der Waals surface area contributed by atoms with E-state index in [0.717, 1.165) is 21.6 Å². The summed E-state index contributed by atoms with van der Waals surface area (Å²) < 4.78 is 0. The van der Waals surface area contributed by atoms with Gasteiger partial charge in [0.15, 0.2) is 5.78 Å². The van der Waals surface area contributed by atoms with Crippen LogP contribution in [0.1, 0.15) is 25.3 Å². The van der Waals surface area contributed by atoms with E-state index in [1.807, 2.05) is 66.8 Å². The summed E-state index contributed by atoms with van der Waals surface area (Å²) >= 11 is 1.66. The second-order valence-electron chi connectivity index (χ2n) is 6.34. The molecule has 2 aromatic rings. The van der Waals surface area contributed by atoms with Crippen molar-refractivity contribution >= 4 is 29.7 Å². The quantitative estimate of drug-likeness (QED) is 0.374. The van der Waals surface area contributed by atoms with Crippen molar-refractivity contribution in [1.29, 1.82) is 0 Å². The molecule has 3 rings (SSSR count). The third-order valence-corrected chi connectivity index (χ3v) is 5.48. The van der Waals surface area contributed by atoms with E-state index in [4.69, 9.17) is 4.84 Å². The van der Waals surface area contributed by atoms with Crippen molar-refractivity contribution in [3.05, 3.63) is 84.5 Å².